The van der Waals surface area contributed by atoms with Gasteiger partial charge in [-0.25, -0.2) is 8.78 Å². The number of benzene rings is 1. The summed E-state index contributed by atoms with van der Waals surface area (Å²) in [6.45, 7) is 0.876. The smallest absolute Gasteiger partial charge is 0.308 e. The molecule has 17 heavy (non-hydrogen) atoms. The quantitative estimate of drug-likeness (QED) is 0.502. The zero-order valence-electron chi connectivity index (χ0n) is 8.59. The second kappa shape index (κ2) is 4.86. The molecule has 0 bridgehead atoms. The van der Waals surface area contributed by atoms with Gasteiger partial charge in [0, 0.05) is 12.5 Å². The van der Waals surface area contributed by atoms with Crippen LogP contribution in [-0.4, -0.2) is 17.0 Å². The zero-order valence-corrected chi connectivity index (χ0v) is 8.59. The third-order valence-electron chi connectivity index (χ3n) is 1.78. The Morgan fingerprint density at radius 1 is 1.29 bits per heavy atom. The summed E-state index contributed by atoms with van der Waals surface area (Å²) in [6, 6.07) is 0.409. The Labute approximate surface area is 93.6 Å². The highest BCUT2D eigenvalue weighted by atomic mass is 19.2. The van der Waals surface area contributed by atoms with Crippen molar-refractivity contribution in [3.8, 4) is 5.75 Å². The lowest BCUT2D eigenvalue weighted by atomic mass is 10.1. The van der Waals surface area contributed by atoms with E-state index < -0.39 is 47.1 Å². The zero-order chi connectivity index (χ0) is 13.2. The van der Waals surface area contributed by atoms with E-state index in [1.165, 1.54) is 0 Å². The molecule has 0 spiro atoms. The molecule has 0 heterocycles. The summed E-state index contributed by atoms with van der Waals surface area (Å²) in [7, 11) is 0. The molecule has 1 rings (SSSR count). The largest absolute Gasteiger partial charge is 0.481 e. The Morgan fingerprint density at radius 3 is 2.35 bits per heavy atom. The molecule has 0 aliphatic carbocycles. The van der Waals surface area contributed by atoms with E-state index in [1.807, 2.05) is 0 Å². The molecule has 0 unspecified atom stereocenters. The number of rotatable bonds is 3. The van der Waals surface area contributed by atoms with Gasteiger partial charge in [0.05, 0.1) is 6.42 Å². The highest BCUT2D eigenvalue weighted by Crippen LogP contribution is 2.27. The molecule has 0 aliphatic rings. The lowest BCUT2D eigenvalue weighted by Crippen LogP contribution is -2.10. The van der Waals surface area contributed by atoms with Crippen LogP contribution >= 0.6 is 0 Å². The van der Waals surface area contributed by atoms with Crippen molar-refractivity contribution in [3.05, 3.63) is 29.1 Å². The number of carboxylic acids is 1. The highest BCUT2D eigenvalue weighted by Gasteiger charge is 2.22. The first-order chi connectivity index (χ1) is 7.82. The van der Waals surface area contributed by atoms with E-state index in [9.17, 15) is 22.8 Å². The summed E-state index contributed by atoms with van der Waals surface area (Å²) >= 11 is 0. The third-order valence-corrected chi connectivity index (χ3v) is 1.78. The minimum absolute atomic E-state index is 0.409. The number of carbonyl (C=O) groups excluding carboxylic acids is 1. The average molecular weight is 248 g/mol. The number of ether oxygens (including phenoxy) is 1. The summed E-state index contributed by atoms with van der Waals surface area (Å²) < 4.78 is 43.7. The third kappa shape index (κ3) is 2.96. The molecule has 92 valence electrons. The van der Waals surface area contributed by atoms with Crippen LogP contribution in [-0.2, 0) is 16.0 Å². The topological polar surface area (TPSA) is 63.6 Å². The lowest BCUT2D eigenvalue weighted by Gasteiger charge is -2.08. The average Bonchev–Trinajstić information content (AvgIpc) is 2.20. The van der Waals surface area contributed by atoms with Crippen LogP contribution in [0.3, 0.4) is 0 Å². The van der Waals surface area contributed by atoms with Crippen molar-refractivity contribution >= 4 is 11.9 Å². The Hall–Kier alpha value is -2.05. The molecule has 7 heteroatoms. The van der Waals surface area contributed by atoms with Gasteiger partial charge < -0.3 is 9.84 Å². The SMILES string of the molecule is CC(=O)Oc1c(F)c(F)cc(CC(=O)O)c1F. The number of hydrogen-bond acceptors (Lipinski definition) is 3. The van der Waals surface area contributed by atoms with Gasteiger partial charge in [0.1, 0.15) is 0 Å². The van der Waals surface area contributed by atoms with Crippen molar-refractivity contribution in [2.75, 3.05) is 0 Å². The van der Waals surface area contributed by atoms with Gasteiger partial charge in [-0.1, -0.05) is 0 Å². The Balaban J connectivity index is 3.31. The minimum atomic E-state index is -1.67. The molecule has 1 aromatic carbocycles. The molecule has 0 aromatic heterocycles. The van der Waals surface area contributed by atoms with Gasteiger partial charge in [-0.2, -0.15) is 4.39 Å². The Kier molecular flexibility index (Phi) is 3.72. The molecule has 0 aliphatic heterocycles. The number of aliphatic carboxylic acids is 1. The van der Waals surface area contributed by atoms with Crippen LogP contribution in [0.1, 0.15) is 12.5 Å². The Bertz CT molecular complexity index is 485. The monoisotopic (exact) mass is 248 g/mol. The van der Waals surface area contributed by atoms with E-state index in [2.05, 4.69) is 4.74 Å². The summed E-state index contributed by atoms with van der Waals surface area (Å²) in [5.41, 5.74) is -0.604. The number of hydrogen-bond donors (Lipinski definition) is 1. The van der Waals surface area contributed by atoms with E-state index in [1.54, 1.807) is 0 Å². The predicted molar refractivity (Wildman–Crippen MR) is 49.0 cm³/mol. The van der Waals surface area contributed by atoms with Crippen molar-refractivity contribution in [2.24, 2.45) is 0 Å². The van der Waals surface area contributed by atoms with Crippen molar-refractivity contribution in [2.45, 2.75) is 13.3 Å². The van der Waals surface area contributed by atoms with Crippen LogP contribution < -0.4 is 4.74 Å². The van der Waals surface area contributed by atoms with Crippen LogP contribution in [0.2, 0.25) is 0 Å². The van der Waals surface area contributed by atoms with Crippen LogP contribution in [0.4, 0.5) is 13.2 Å². The molecule has 0 fully saturated rings. The normalized spacial score (nSPS) is 10.1. The maximum absolute atomic E-state index is 13.5. The first kappa shape index (κ1) is 13.0. The van der Waals surface area contributed by atoms with Crippen LogP contribution in [0.15, 0.2) is 6.07 Å². The number of carboxylic acid groups (broad SMARTS) is 1. The summed E-state index contributed by atoms with van der Waals surface area (Å²) in [5.74, 6) is -8.26. The fourth-order valence-electron chi connectivity index (χ4n) is 1.16. The molecule has 0 saturated carbocycles. The number of carbonyl (C=O) groups is 2. The van der Waals surface area contributed by atoms with E-state index in [4.69, 9.17) is 5.11 Å². The first-order valence-corrected chi connectivity index (χ1v) is 4.39. The van der Waals surface area contributed by atoms with E-state index >= 15 is 0 Å². The number of esters is 1. The summed E-state index contributed by atoms with van der Waals surface area (Å²) in [5, 5.41) is 8.43. The van der Waals surface area contributed by atoms with Crippen molar-refractivity contribution < 1.29 is 32.6 Å². The van der Waals surface area contributed by atoms with Gasteiger partial charge >= 0.3 is 11.9 Å². The molecule has 1 N–H and O–H groups in total. The van der Waals surface area contributed by atoms with E-state index in [0.717, 1.165) is 6.92 Å². The molecular weight excluding hydrogens is 241 g/mol. The summed E-state index contributed by atoms with van der Waals surface area (Å²) in [4.78, 5) is 20.9. The van der Waals surface area contributed by atoms with Gasteiger partial charge in [0.25, 0.3) is 0 Å². The maximum atomic E-state index is 13.5. The number of halogens is 3. The fraction of sp³-hybridized carbons (Fsp3) is 0.200. The fourth-order valence-corrected chi connectivity index (χ4v) is 1.16. The van der Waals surface area contributed by atoms with Gasteiger partial charge in [-0.3, -0.25) is 9.59 Å². The maximum Gasteiger partial charge on any atom is 0.308 e. The first-order valence-electron chi connectivity index (χ1n) is 4.39. The molecule has 1 aromatic rings. The predicted octanol–water partition coefficient (Wildman–Crippen LogP) is 1.66. The van der Waals surface area contributed by atoms with Gasteiger partial charge in [-0.05, 0) is 6.07 Å². The molecule has 4 nitrogen and oxygen atoms in total. The standard InChI is InChI=1S/C10H7F3O4/c1-4(14)17-10-8(12)5(3-7(15)16)2-6(11)9(10)13/h2H,3H2,1H3,(H,15,16). The molecular formula is C10H7F3O4. The van der Waals surface area contributed by atoms with Crippen LogP contribution in [0.5, 0.6) is 5.75 Å². The van der Waals surface area contributed by atoms with Gasteiger partial charge in [-0.15, -0.1) is 0 Å². The minimum Gasteiger partial charge on any atom is -0.481 e. The van der Waals surface area contributed by atoms with Crippen molar-refractivity contribution in [1.29, 1.82) is 0 Å². The second-order valence-electron chi connectivity index (χ2n) is 3.14. The highest BCUT2D eigenvalue weighted by molar-refractivity contribution is 5.72. The van der Waals surface area contributed by atoms with Crippen molar-refractivity contribution in [1.82, 2.24) is 0 Å². The molecule has 0 amide bonds. The van der Waals surface area contributed by atoms with E-state index in [-0.39, 0.29) is 0 Å². The summed E-state index contributed by atoms with van der Waals surface area (Å²) in [6.07, 6.45) is -0.850. The van der Waals surface area contributed by atoms with Gasteiger partial charge in [0.15, 0.2) is 11.6 Å². The lowest BCUT2D eigenvalue weighted by molar-refractivity contribution is -0.136. The molecule has 0 radical (unpaired) electrons. The molecule has 0 atom stereocenters. The molecule has 0 saturated heterocycles. The van der Waals surface area contributed by atoms with Crippen molar-refractivity contribution in [3.63, 3.8) is 0 Å². The van der Waals surface area contributed by atoms with Gasteiger partial charge in [0.2, 0.25) is 11.6 Å². The van der Waals surface area contributed by atoms with Crippen LogP contribution in [0.25, 0.3) is 0 Å². The van der Waals surface area contributed by atoms with Crippen LogP contribution in [0, 0.1) is 17.5 Å². The Morgan fingerprint density at radius 2 is 1.88 bits per heavy atom. The second-order valence-corrected chi connectivity index (χ2v) is 3.14. The van der Waals surface area contributed by atoms with E-state index in [0.29, 0.717) is 6.07 Å².